The van der Waals surface area contributed by atoms with Gasteiger partial charge in [-0.15, -0.1) is 0 Å². The van der Waals surface area contributed by atoms with Gasteiger partial charge in [-0.3, -0.25) is 9.69 Å². The highest BCUT2D eigenvalue weighted by Gasteiger charge is 2.35. The first-order valence-corrected chi connectivity index (χ1v) is 7.55. The van der Waals surface area contributed by atoms with Gasteiger partial charge in [0.25, 0.3) is 0 Å². The van der Waals surface area contributed by atoms with Gasteiger partial charge in [-0.25, -0.2) is 4.79 Å². The third-order valence-electron chi connectivity index (χ3n) is 3.93. The number of benzene rings is 1. The van der Waals surface area contributed by atoms with Crippen LogP contribution < -0.4 is 5.32 Å². The average molecular weight is 328 g/mol. The zero-order valence-electron chi connectivity index (χ0n) is 11.3. The largest absolute Gasteiger partial charge is 0.336 e. The monoisotopic (exact) mass is 327 g/mol. The van der Waals surface area contributed by atoms with Crippen molar-refractivity contribution in [3.63, 3.8) is 0 Å². The fraction of sp³-hybridized carbons (Fsp3) is 0.429. The van der Waals surface area contributed by atoms with Crippen LogP contribution in [0, 0.1) is 0 Å². The van der Waals surface area contributed by atoms with Crippen LogP contribution in [0.5, 0.6) is 0 Å². The van der Waals surface area contributed by atoms with Gasteiger partial charge in [0, 0.05) is 31.7 Å². The molecule has 1 atom stereocenters. The van der Waals surface area contributed by atoms with Gasteiger partial charge in [0.2, 0.25) is 0 Å². The Morgan fingerprint density at radius 2 is 2.10 bits per heavy atom. The first-order valence-electron chi connectivity index (χ1n) is 6.79. The van der Waals surface area contributed by atoms with Crippen LogP contribution >= 0.6 is 23.2 Å². The van der Waals surface area contributed by atoms with Crippen LogP contribution in [0.4, 0.5) is 4.79 Å². The third kappa shape index (κ3) is 3.00. The van der Waals surface area contributed by atoms with Crippen LogP contribution in [0.3, 0.4) is 0 Å². The van der Waals surface area contributed by atoms with E-state index >= 15 is 0 Å². The van der Waals surface area contributed by atoms with E-state index < -0.39 is 0 Å². The molecule has 2 heterocycles. The first-order chi connectivity index (χ1) is 10.0. The fourth-order valence-corrected chi connectivity index (χ4v) is 3.07. The van der Waals surface area contributed by atoms with Crippen LogP contribution in [0.1, 0.15) is 10.4 Å². The Morgan fingerprint density at radius 1 is 1.29 bits per heavy atom. The lowest BCUT2D eigenvalue weighted by atomic mass is 10.1. The molecule has 2 aliphatic rings. The SMILES string of the molecule is O=C(CN1CCN2C(=O)NCC2C1)c1ccc(Cl)c(Cl)c1. The summed E-state index contributed by atoms with van der Waals surface area (Å²) < 4.78 is 0. The summed E-state index contributed by atoms with van der Waals surface area (Å²) in [6, 6.07) is 5.08. The van der Waals surface area contributed by atoms with E-state index in [2.05, 4.69) is 10.2 Å². The van der Waals surface area contributed by atoms with Gasteiger partial charge < -0.3 is 10.2 Å². The number of rotatable bonds is 3. The van der Waals surface area contributed by atoms with Gasteiger partial charge in [-0.1, -0.05) is 23.2 Å². The highest BCUT2D eigenvalue weighted by molar-refractivity contribution is 6.42. The summed E-state index contributed by atoms with van der Waals surface area (Å²) >= 11 is 11.8. The van der Waals surface area contributed by atoms with Crippen molar-refractivity contribution in [1.29, 1.82) is 0 Å². The van der Waals surface area contributed by atoms with E-state index in [1.54, 1.807) is 18.2 Å². The highest BCUT2D eigenvalue weighted by atomic mass is 35.5. The van der Waals surface area contributed by atoms with Crippen LogP contribution in [0.15, 0.2) is 18.2 Å². The van der Waals surface area contributed by atoms with Crippen molar-refractivity contribution < 1.29 is 9.59 Å². The van der Waals surface area contributed by atoms with Crippen molar-refractivity contribution in [2.45, 2.75) is 6.04 Å². The number of nitrogens with one attached hydrogen (secondary N) is 1. The summed E-state index contributed by atoms with van der Waals surface area (Å²) in [5.74, 6) is 0.0132. The molecule has 0 aromatic heterocycles. The van der Waals surface area contributed by atoms with Crippen molar-refractivity contribution in [2.24, 2.45) is 0 Å². The fourth-order valence-electron chi connectivity index (χ4n) is 2.78. The van der Waals surface area contributed by atoms with Crippen LogP contribution in [-0.2, 0) is 0 Å². The Balaban J connectivity index is 1.63. The quantitative estimate of drug-likeness (QED) is 0.862. The summed E-state index contributed by atoms with van der Waals surface area (Å²) in [6.45, 7) is 3.06. The number of hydrogen-bond acceptors (Lipinski definition) is 3. The standard InChI is InChI=1S/C14H15Cl2N3O2/c15-11-2-1-9(5-12(11)16)13(20)8-18-3-4-19-10(7-18)6-17-14(19)21/h1-2,5,10H,3-4,6-8H2,(H,17,21). The average Bonchev–Trinajstić information content (AvgIpc) is 2.83. The van der Waals surface area contributed by atoms with Gasteiger partial charge in [0.1, 0.15) is 0 Å². The van der Waals surface area contributed by atoms with Crippen molar-refractivity contribution in [1.82, 2.24) is 15.1 Å². The van der Waals surface area contributed by atoms with Gasteiger partial charge in [0.15, 0.2) is 5.78 Å². The molecule has 0 radical (unpaired) electrons. The van der Waals surface area contributed by atoms with Gasteiger partial charge >= 0.3 is 6.03 Å². The summed E-state index contributed by atoms with van der Waals surface area (Å²) in [7, 11) is 0. The van der Waals surface area contributed by atoms with Crippen LogP contribution in [0.25, 0.3) is 0 Å². The van der Waals surface area contributed by atoms with E-state index in [0.29, 0.717) is 48.3 Å². The van der Waals surface area contributed by atoms with Crippen LogP contribution in [0.2, 0.25) is 10.0 Å². The molecular weight excluding hydrogens is 313 g/mol. The number of hydrogen-bond donors (Lipinski definition) is 1. The summed E-state index contributed by atoms with van der Waals surface area (Å²) in [4.78, 5) is 27.7. The van der Waals surface area contributed by atoms with Gasteiger partial charge in [-0.2, -0.15) is 0 Å². The molecule has 1 N–H and O–H groups in total. The molecule has 0 aliphatic carbocycles. The normalized spacial score (nSPS) is 22.1. The predicted molar refractivity (Wildman–Crippen MR) is 81.1 cm³/mol. The van der Waals surface area contributed by atoms with E-state index in [-0.39, 0.29) is 17.9 Å². The van der Waals surface area contributed by atoms with E-state index in [9.17, 15) is 9.59 Å². The van der Waals surface area contributed by atoms with Gasteiger partial charge in [-0.05, 0) is 18.2 Å². The second kappa shape index (κ2) is 5.83. The third-order valence-corrected chi connectivity index (χ3v) is 4.66. The maximum absolute atomic E-state index is 12.3. The molecule has 5 nitrogen and oxygen atoms in total. The molecule has 2 fully saturated rings. The molecule has 0 bridgehead atoms. The maximum atomic E-state index is 12.3. The Kier molecular flexibility index (Phi) is 4.06. The van der Waals surface area contributed by atoms with Crippen molar-refractivity contribution in [3.8, 4) is 0 Å². The van der Waals surface area contributed by atoms with Crippen molar-refractivity contribution in [2.75, 3.05) is 32.7 Å². The Labute approximate surface area is 132 Å². The van der Waals surface area contributed by atoms with Crippen molar-refractivity contribution in [3.05, 3.63) is 33.8 Å². The minimum absolute atomic E-state index is 0.00420. The lowest BCUT2D eigenvalue weighted by molar-refractivity contribution is 0.0838. The zero-order chi connectivity index (χ0) is 15.0. The minimum Gasteiger partial charge on any atom is -0.336 e. The Hall–Kier alpha value is -1.30. The second-order valence-electron chi connectivity index (χ2n) is 5.32. The number of urea groups is 1. The molecule has 112 valence electrons. The number of amides is 2. The Morgan fingerprint density at radius 3 is 2.86 bits per heavy atom. The number of ketones is 1. The van der Waals surface area contributed by atoms with E-state index in [0.717, 1.165) is 0 Å². The van der Waals surface area contributed by atoms with E-state index in [1.807, 2.05) is 4.90 Å². The van der Waals surface area contributed by atoms with Crippen LogP contribution in [-0.4, -0.2) is 60.4 Å². The molecule has 0 spiro atoms. The molecule has 2 aliphatic heterocycles. The zero-order valence-corrected chi connectivity index (χ0v) is 12.8. The highest BCUT2D eigenvalue weighted by Crippen LogP contribution is 2.23. The first kappa shape index (κ1) is 14.6. The number of carbonyl (C=O) groups excluding carboxylic acids is 2. The number of fused-ring (bicyclic) bond motifs is 1. The molecule has 1 aromatic carbocycles. The van der Waals surface area contributed by atoms with Gasteiger partial charge in [0.05, 0.1) is 22.6 Å². The van der Waals surface area contributed by atoms with E-state index in [4.69, 9.17) is 23.2 Å². The lowest BCUT2D eigenvalue weighted by Crippen LogP contribution is -2.53. The number of nitrogens with zero attached hydrogens (tertiary/aromatic N) is 2. The summed E-state index contributed by atoms with van der Waals surface area (Å²) in [6.07, 6.45) is 0. The lowest BCUT2D eigenvalue weighted by Gasteiger charge is -2.35. The molecule has 0 saturated carbocycles. The summed E-state index contributed by atoms with van der Waals surface area (Å²) in [5, 5.41) is 3.65. The topological polar surface area (TPSA) is 52.7 Å². The number of carbonyl (C=O) groups is 2. The second-order valence-corrected chi connectivity index (χ2v) is 6.13. The molecule has 2 amide bonds. The Bertz CT molecular complexity index is 594. The smallest absolute Gasteiger partial charge is 0.317 e. The summed E-state index contributed by atoms with van der Waals surface area (Å²) in [5.41, 5.74) is 0.562. The molecule has 21 heavy (non-hydrogen) atoms. The molecule has 3 rings (SSSR count). The number of piperazine rings is 1. The predicted octanol–water partition coefficient (Wildman–Crippen LogP) is 1.89. The maximum Gasteiger partial charge on any atom is 0.317 e. The molecule has 7 heteroatoms. The molecular formula is C14H15Cl2N3O2. The van der Waals surface area contributed by atoms with Crippen molar-refractivity contribution >= 4 is 35.0 Å². The number of Topliss-reactive ketones (excluding diaryl/α,β-unsaturated/α-hetero) is 1. The molecule has 2 saturated heterocycles. The minimum atomic E-state index is -0.00420. The molecule has 1 unspecified atom stereocenters. The molecule has 1 aromatic rings. The number of halogens is 2. The van der Waals surface area contributed by atoms with E-state index in [1.165, 1.54) is 0 Å².